The van der Waals surface area contributed by atoms with E-state index in [9.17, 15) is 0 Å². The van der Waals surface area contributed by atoms with Crippen LogP contribution in [0.15, 0.2) is 315 Å². The number of hydrogen-bond donors (Lipinski definition) is 0. The molecule has 717 valence electrons. The van der Waals surface area contributed by atoms with Gasteiger partial charge in [-0.25, -0.2) is 24.9 Å². The third kappa shape index (κ3) is 21.9. The van der Waals surface area contributed by atoms with E-state index in [0.717, 1.165) is 157 Å². The molecule has 23 rings (SSSR count). The number of hydrogen-bond acceptors (Lipinski definition) is 15. The maximum atomic E-state index is 5.64. The number of aromatic nitrogens is 15. The smallest absolute Gasteiger partial charge is 0.180 e. The molecule has 23 aromatic rings. The number of oxazole rings is 5. The van der Waals surface area contributed by atoms with Crippen LogP contribution in [0.1, 0.15) is 119 Å². The summed E-state index contributed by atoms with van der Waals surface area (Å²) in [5.74, 6) is 8.31. The molecule has 25 heteroatoms. The van der Waals surface area contributed by atoms with Gasteiger partial charge in [0.2, 0.25) is 0 Å². The van der Waals surface area contributed by atoms with Crippen molar-refractivity contribution in [3.05, 3.63) is 402 Å². The minimum absolute atomic E-state index is 0. The predicted octanol–water partition coefficient (Wildman–Crippen LogP) is 28.3. The second kappa shape index (κ2) is 45.0. The maximum Gasteiger partial charge on any atom is 0.180 e. The van der Waals surface area contributed by atoms with Crippen LogP contribution in [0.4, 0.5) is 0 Å². The van der Waals surface area contributed by atoms with Gasteiger partial charge in [0.15, 0.2) is 29.5 Å². The molecule has 0 spiro atoms. The monoisotopic (exact) mass is 2750 g/mol. The van der Waals surface area contributed by atoms with Gasteiger partial charge in [0.05, 0.1) is 62.7 Å². The summed E-state index contributed by atoms with van der Waals surface area (Å²) in [4.78, 5) is 45.3. The molecule has 0 unspecified atom stereocenters. The van der Waals surface area contributed by atoms with Crippen molar-refractivity contribution in [3.63, 3.8) is 0 Å². The van der Waals surface area contributed by atoms with E-state index in [2.05, 4.69) is 326 Å². The average molecular weight is 2740 g/mol. The first kappa shape index (κ1) is 103. The Morgan fingerprint density at radius 2 is 0.489 bits per heavy atom. The van der Waals surface area contributed by atoms with Crippen molar-refractivity contribution in [3.8, 4) is 119 Å². The molecule has 5 radical (unpaired) electrons. The first-order valence-corrected chi connectivity index (χ1v) is 45.3. The summed E-state index contributed by atoms with van der Waals surface area (Å²) in [5, 5.41) is 0. The molecule has 0 fully saturated rings. The number of aryl methyl sites for hydroxylation is 12. The number of rotatable bonds is 15. The number of nitrogens with zero attached hydrogens (tertiary/aromatic N) is 15. The molecule has 0 aliphatic heterocycles. The van der Waals surface area contributed by atoms with Crippen molar-refractivity contribution in [2.45, 2.75) is 123 Å². The molecule has 13 aromatic carbocycles. The molecule has 141 heavy (non-hydrogen) atoms. The zero-order valence-electron chi connectivity index (χ0n) is 80.3. The van der Waals surface area contributed by atoms with Crippen LogP contribution in [-0.2, 0) is 101 Å². The normalized spacial score (nSPS) is 11.0. The van der Waals surface area contributed by atoms with Gasteiger partial charge in [-0.2, -0.15) is 0 Å². The number of fused-ring (bicyclic) bond motifs is 5. The maximum absolute atomic E-state index is 5.64. The van der Waals surface area contributed by atoms with Gasteiger partial charge in [-0.15, -0.1) is 119 Å². The van der Waals surface area contributed by atoms with Crippen LogP contribution in [0.2, 0.25) is 0 Å². The molecule has 0 saturated heterocycles. The van der Waals surface area contributed by atoms with E-state index in [1.165, 1.54) is 66.9 Å². The largest absolute Gasteiger partial charge is 0.488 e. The second-order valence-corrected chi connectivity index (χ2v) is 34.6. The SMILES string of the molecule is Cc1cc(C)c(-n2ccnc2-c2[c-]cc3oc(C)nc3c2)c(C)c1.Cc1nc2cc(-c3nccn3-c3c(-c4ccccc4)cccc3-c3ccccc3)[c-]cc2o1.Cc1nc2cc(-c3nccn3-c3c(C(C)C)cccc3C(C)C)[c-]cc2o1.Cc1nc2cc(-c3nccn3-c3c(C)cc(-c4ccccc4)cc3C)[c-]cc2o1.Cc1nc2cc(-c3nccn3-c3c(C)cccc3C)[c-]cc2o1.[Ir].[Ir].[Ir].[Ir].[Ir]. The average Bonchev–Trinajstić information content (AvgIpc) is 1.66. The molecule has 10 aromatic heterocycles. The van der Waals surface area contributed by atoms with Gasteiger partial charge in [-0.1, -0.05) is 191 Å². The quantitative estimate of drug-likeness (QED) is 0.0871. The van der Waals surface area contributed by atoms with Crippen LogP contribution in [0.25, 0.3) is 174 Å². The molecule has 0 amide bonds. The van der Waals surface area contributed by atoms with Gasteiger partial charge in [0.25, 0.3) is 0 Å². The third-order valence-corrected chi connectivity index (χ3v) is 24.0. The Bertz CT molecular complexity index is 8170. The van der Waals surface area contributed by atoms with Crippen molar-refractivity contribution < 1.29 is 123 Å². The van der Waals surface area contributed by atoms with Gasteiger partial charge < -0.3 is 44.9 Å². The summed E-state index contributed by atoms with van der Waals surface area (Å²) in [6.45, 7) is 33.1. The molecule has 20 nitrogen and oxygen atoms in total. The van der Waals surface area contributed by atoms with Gasteiger partial charge in [-0.05, 0) is 139 Å². The summed E-state index contributed by atoms with van der Waals surface area (Å²) >= 11 is 0. The van der Waals surface area contributed by atoms with Crippen LogP contribution in [-0.4, -0.2) is 72.7 Å². The van der Waals surface area contributed by atoms with Gasteiger partial charge in [0, 0.05) is 259 Å². The summed E-state index contributed by atoms with van der Waals surface area (Å²) in [6.07, 6.45) is 19.2. The van der Waals surface area contributed by atoms with Crippen LogP contribution >= 0.6 is 0 Å². The number of imidazole rings is 5. The topological polar surface area (TPSA) is 219 Å². The molecule has 0 saturated carbocycles. The molecular weight excluding hydrogens is 2640 g/mol. The molecule has 0 aliphatic carbocycles. The van der Waals surface area contributed by atoms with Crippen molar-refractivity contribution in [2.24, 2.45) is 0 Å². The van der Waals surface area contributed by atoms with Gasteiger partial charge in [-0.3, -0.25) is 24.9 Å². The Labute approximate surface area is 886 Å². The molecular formula is C116H98Ir5N15O5-5. The standard InChI is InChI=1S/C29H20N3O.C25H20N3O.C23H24N3O.C20H18N3O.C19H16N3O.5Ir/c1-20-31-26-19-23(15-16-27(26)33-20)29-30-17-18-32(29)28-24(21-9-4-2-5-10-21)13-8-14-25(28)22-11-6-3-7-12-22;1-16-13-21(19-7-5-4-6-8-19)14-17(2)24(16)28-12-11-26-25(28)20-9-10-23-22(15-20)27-18(3)29-23;1-14(2)18-7-6-8-19(15(3)4)22(18)26-12-11-24-23(26)17-9-10-21-20(13-17)25-16(5)27-21;1-12-9-13(2)19(14(3)10-12)23-8-7-21-20(23)16-5-6-18-17(11-16)22-15(4)24-18;1-12-5-4-6-13(2)18(12)22-10-9-20-19(22)15-7-8-17-16(11-15)21-14(3)23-17;;;;;/h2-14,16-19H,1H3;4-8,10-15H,1-3H3;6-8,10-15H,1-5H3;6-11H,1-4H3;4-6,8-11H,1-3H3;;;;;/q5*-1;;;;;. The Balaban J connectivity index is 0.000000140. The Morgan fingerprint density at radius 1 is 0.241 bits per heavy atom. The fraction of sp³-hybridized carbons (Fsp3) is 0.155. The first-order valence-electron chi connectivity index (χ1n) is 45.3. The zero-order chi connectivity index (χ0) is 94.1. The van der Waals surface area contributed by atoms with E-state index in [4.69, 9.17) is 27.1 Å². The molecule has 0 aliphatic rings. The fourth-order valence-electron chi connectivity index (χ4n) is 18.2. The predicted molar refractivity (Wildman–Crippen MR) is 538 cm³/mol. The number of benzene rings is 13. The minimum atomic E-state index is 0. The number of para-hydroxylation sites is 3. The summed E-state index contributed by atoms with van der Waals surface area (Å²) in [5.41, 5.74) is 36.2. The molecule has 10 heterocycles. The van der Waals surface area contributed by atoms with E-state index in [1.54, 1.807) is 0 Å². The van der Waals surface area contributed by atoms with E-state index in [-0.39, 0.29) is 101 Å². The molecule has 0 N–H and O–H groups in total. The van der Waals surface area contributed by atoms with Crippen molar-refractivity contribution >= 4 is 55.5 Å². The summed E-state index contributed by atoms with van der Waals surface area (Å²) < 4.78 is 38.6. The first-order chi connectivity index (χ1) is 66.0. The van der Waals surface area contributed by atoms with Crippen LogP contribution in [0.5, 0.6) is 0 Å². The molecule has 0 bridgehead atoms. The fourth-order valence-corrected chi connectivity index (χ4v) is 18.2. The second-order valence-electron chi connectivity index (χ2n) is 34.6. The van der Waals surface area contributed by atoms with Crippen LogP contribution < -0.4 is 0 Å². The van der Waals surface area contributed by atoms with Crippen molar-refractivity contribution in [1.82, 2.24) is 72.7 Å². The Hall–Kier alpha value is -13.5. The zero-order valence-corrected chi connectivity index (χ0v) is 92.3. The third-order valence-electron chi connectivity index (χ3n) is 24.0. The minimum Gasteiger partial charge on any atom is -0.488 e. The van der Waals surface area contributed by atoms with E-state index < -0.39 is 0 Å². The Kier molecular flexibility index (Phi) is 33.0. The van der Waals surface area contributed by atoms with Crippen LogP contribution in [0.3, 0.4) is 0 Å². The van der Waals surface area contributed by atoms with E-state index in [0.29, 0.717) is 41.3 Å². The van der Waals surface area contributed by atoms with E-state index >= 15 is 0 Å². The van der Waals surface area contributed by atoms with Crippen molar-refractivity contribution in [2.75, 3.05) is 0 Å². The summed E-state index contributed by atoms with van der Waals surface area (Å²) in [6, 6.07) is 95.1. The van der Waals surface area contributed by atoms with E-state index in [1.807, 2.05) is 175 Å². The molecule has 0 atom stereocenters. The Morgan fingerprint density at radius 3 is 0.780 bits per heavy atom. The van der Waals surface area contributed by atoms with Gasteiger partial charge in [0.1, 0.15) is 0 Å². The van der Waals surface area contributed by atoms with Gasteiger partial charge >= 0.3 is 0 Å². The van der Waals surface area contributed by atoms with Crippen molar-refractivity contribution in [1.29, 1.82) is 0 Å². The van der Waals surface area contributed by atoms with Crippen LogP contribution in [0, 0.1) is 113 Å². The summed E-state index contributed by atoms with van der Waals surface area (Å²) in [7, 11) is 0.